The summed E-state index contributed by atoms with van der Waals surface area (Å²) < 4.78 is 5.61. The van der Waals surface area contributed by atoms with Gasteiger partial charge >= 0.3 is 0 Å². The first-order valence-corrected chi connectivity index (χ1v) is 5.80. The summed E-state index contributed by atoms with van der Waals surface area (Å²) in [5.74, 6) is 0.896. The van der Waals surface area contributed by atoms with E-state index in [9.17, 15) is 0 Å². The van der Waals surface area contributed by atoms with Crippen LogP contribution in [0.15, 0.2) is 0 Å². The van der Waals surface area contributed by atoms with Crippen LogP contribution in [0.5, 0.6) is 0 Å². The summed E-state index contributed by atoms with van der Waals surface area (Å²) in [4.78, 5) is 0. The third kappa shape index (κ3) is 2.70. The maximum absolute atomic E-state index is 5.61. The minimum absolute atomic E-state index is 0.475. The maximum atomic E-state index is 5.61. The Morgan fingerprint density at radius 3 is 2.77 bits per heavy atom. The minimum atomic E-state index is 0.475. The Bertz CT molecular complexity index is 144. The fourth-order valence-corrected chi connectivity index (χ4v) is 2.55. The van der Waals surface area contributed by atoms with Gasteiger partial charge in [0.1, 0.15) is 0 Å². The molecular formula is C12H24O. The molecule has 1 aliphatic heterocycles. The highest BCUT2D eigenvalue weighted by atomic mass is 16.5. The summed E-state index contributed by atoms with van der Waals surface area (Å²) in [6.45, 7) is 8.98. The van der Waals surface area contributed by atoms with E-state index in [-0.39, 0.29) is 0 Å². The van der Waals surface area contributed by atoms with Crippen molar-refractivity contribution in [2.45, 2.75) is 52.9 Å². The topological polar surface area (TPSA) is 9.23 Å². The second kappa shape index (κ2) is 4.99. The molecule has 0 aromatic heterocycles. The van der Waals surface area contributed by atoms with Crippen molar-refractivity contribution in [3.05, 3.63) is 0 Å². The van der Waals surface area contributed by atoms with Crippen LogP contribution in [0.2, 0.25) is 0 Å². The van der Waals surface area contributed by atoms with E-state index in [1.807, 2.05) is 0 Å². The fraction of sp³-hybridized carbons (Fsp3) is 1.00. The molecule has 1 heteroatoms. The first kappa shape index (κ1) is 11.0. The van der Waals surface area contributed by atoms with Gasteiger partial charge in [0.25, 0.3) is 0 Å². The van der Waals surface area contributed by atoms with Gasteiger partial charge in [0, 0.05) is 6.61 Å². The average molecular weight is 184 g/mol. The van der Waals surface area contributed by atoms with Gasteiger partial charge < -0.3 is 4.74 Å². The molecule has 1 saturated heterocycles. The highest BCUT2D eigenvalue weighted by molar-refractivity contribution is 4.84. The van der Waals surface area contributed by atoms with Gasteiger partial charge in [-0.3, -0.25) is 0 Å². The van der Waals surface area contributed by atoms with Crippen LogP contribution in [0.4, 0.5) is 0 Å². The molecule has 0 aliphatic carbocycles. The first-order valence-electron chi connectivity index (χ1n) is 5.80. The van der Waals surface area contributed by atoms with Gasteiger partial charge in [-0.05, 0) is 24.2 Å². The summed E-state index contributed by atoms with van der Waals surface area (Å²) in [7, 11) is 0. The van der Waals surface area contributed by atoms with Crippen molar-refractivity contribution in [1.82, 2.24) is 0 Å². The van der Waals surface area contributed by atoms with Crippen LogP contribution in [0, 0.1) is 11.3 Å². The molecule has 1 fully saturated rings. The van der Waals surface area contributed by atoms with E-state index in [0.717, 1.165) is 19.1 Å². The fourth-order valence-electron chi connectivity index (χ4n) is 2.55. The van der Waals surface area contributed by atoms with Crippen LogP contribution in [0.3, 0.4) is 0 Å². The third-order valence-electron chi connectivity index (χ3n) is 3.62. The highest BCUT2D eigenvalue weighted by Gasteiger charge is 2.35. The Morgan fingerprint density at radius 2 is 2.15 bits per heavy atom. The molecule has 2 atom stereocenters. The molecule has 0 amide bonds. The van der Waals surface area contributed by atoms with Gasteiger partial charge in [0.2, 0.25) is 0 Å². The predicted molar refractivity (Wildman–Crippen MR) is 56.8 cm³/mol. The van der Waals surface area contributed by atoms with E-state index in [4.69, 9.17) is 4.74 Å². The van der Waals surface area contributed by atoms with E-state index in [1.165, 1.54) is 32.1 Å². The Hall–Kier alpha value is -0.0400. The van der Waals surface area contributed by atoms with Gasteiger partial charge in [-0.25, -0.2) is 0 Å². The summed E-state index contributed by atoms with van der Waals surface area (Å²) >= 11 is 0. The van der Waals surface area contributed by atoms with Crippen molar-refractivity contribution in [2.24, 2.45) is 11.3 Å². The average Bonchev–Trinajstić information content (AvgIpc) is 2.16. The lowest BCUT2D eigenvalue weighted by molar-refractivity contribution is -0.0486. The molecular weight excluding hydrogens is 160 g/mol. The van der Waals surface area contributed by atoms with Crippen LogP contribution in [-0.2, 0) is 4.74 Å². The highest BCUT2D eigenvalue weighted by Crippen LogP contribution is 2.40. The molecule has 0 aromatic carbocycles. The minimum Gasteiger partial charge on any atom is -0.381 e. The zero-order chi connectivity index (χ0) is 9.73. The number of hydrogen-bond acceptors (Lipinski definition) is 1. The zero-order valence-corrected chi connectivity index (χ0v) is 9.44. The van der Waals surface area contributed by atoms with Crippen molar-refractivity contribution in [3.63, 3.8) is 0 Å². The number of unbranched alkanes of at least 4 members (excludes halogenated alkanes) is 1. The van der Waals surface area contributed by atoms with Gasteiger partial charge in [-0.2, -0.15) is 0 Å². The standard InChI is InChI=1S/C12H24O/c1-4-6-8-12(3)10-13-9-7-11(12)5-2/h11H,4-10H2,1-3H3. The summed E-state index contributed by atoms with van der Waals surface area (Å²) in [6, 6.07) is 0. The molecule has 0 N–H and O–H groups in total. The van der Waals surface area contributed by atoms with Crippen LogP contribution in [-0.4, -0.2) is 13.2 Å². The molecule has 2 unspecified atom stereocenters. The van der Waals surface area contributed by atoms with E-state index >= 15 is 0 Å². The number of ether oxygens (including phenoxy) is 1. The Labute approximate surface area is 82.9 Å². The second-order valence-electron chi connectivity index (χ2n) is 4.70. The summed E-state index contributed by atoms with van der Waals surface area (Å²) in [5, 5.41) is 0. The van der Waals surface area contributed by atoms with Crippen LogP contribution < -0.4 is 0 Å². The van der Waals surface area contributed by atoms with Crippen molar-refractivity contribution in [2.75, 3.05) is 13.2 Å². The van der Waals surface area contributed by atoms with Gasteiger partial charge in [0.05, 0.1) is 6.61 Å². The van der Waals surface area contributed by atoms with Crippen LogP contribution in [0.1, 0.15) is 52.9 Å². The molecule has 0 radical (unpaired) electrons. The quantitative estimate of drug-likeness (QED) is 0.648. The molecule has 0 spiro atoms. The van der Waals surface area contributed by atoms with Gasteiger partial charge in [-0.1, -0.05) is 40.0 Å². The van der Waals surface area contributed by atoms with Crippen molar-refractivity contribution < 1.29 is 4.74 Å². The van der Waals surface area contributed by atoms with E-state index in [0.29, 0.717) is 5.41 Å². The zero-order valence-electron chi connectivity index (χ0n) is 9.44. The summed E-state index contributed by atoms with van der Waals surface area (Å²) in [6.07, 6.45) is 6.62. The number of hydrogen-bond donors (Lipinski definition) is 0. The molecule has 0 bridgehead atoms. The predicted octanol–water partition coefficient (Wildman–Crippen LogP) is 3.63. The molecule has 1 rings (SSSR count). The molecule has 0 saturated carbocycles. The monoisotopic (exact) mass is 184 g/mol. The molecule has 78 valence electrons. The van der Waals surface area contributed by atoms with Crippen molar-refractivity contribution in [1.29, 1.82) is 0 Å². The number of rotatable bonds is 4. The van der Waals surface area contributed by atoms with Crippen LogP contribution >= 0.6 is 0 Å². The van der Waals surface area contributed by atoms with Crippen molar-refractivity contribution in [3.8, 4) is 0 Å². The summed E-state index contributed by atoms with van der Waals surface area (Å²) in [5.41, 5.74) is 0.475. The Balaban J connectivity index is 2.49. The molecule has 1 heterocycles. The van der Waals surface area contributed by atoms with Gasteiger partial charge in [-0.15, -0.1) is 0 Å². The van der Waals surface area contributed by atoms with Crippen LogP contribution in [0.25, 0.3) is 0 Å². The van der Waals surface area contributed by atoms with E-state index < -0.39 is 0 Å². The third-order valence-corrected chi connectivity index (χ3v) is 3.62. The lowest BCUT2D eigenvalue weighted by Crippen LogP contribution is -2.37. The first-order chi connectivity index (χ1) is 6.23. The molecule has 1 aliphatic rings. The molecule has 13 heavy (non-hydrogen) atoms. The SMILES string of the molecule is CCCCC1(C)COCCC1CC. The van der Waals surface area contributed by atoms with Gasteiger partial charge in [0.15, 0.2) is 0 Å². The lowest BCUT2D eigenvalue weighted by Gasteiger charge is -2.41. The Morgan fingerprint density at radius 1 is 1.38 bits per heavy atom. The largest absolute Gasteiger partial charge is 0.381 e. The van der Waals surface area contributed by atoms with E-state index in [1.54, 1.807) is 0 Å². The normalized spacial score (nSPS) is 34.8. The van der Waals surface area contributed by atoms with Crippen molar-refractivity contribution >= 4 is 0 Å². The smallest absolute Gasteiger partial charge is 0.0522 e. The molecule has 0 aromatic rings. The van der Waals surface area contributed by atoms with E-state index in [2.05, 4.69) is 20.8 Å². The molecule has 1 nitrogen and oxygen atoms in total. The maximum Gasteiger partial charge on any atom is 0.0522 e. The second-order valence-corrected chi connectivity index (χ2v) is 4.70. The lowest BCUT2D eigenvalue weighted by atomic mass is 9.70. The Kier molecular flexibility index (Phi) is 4.24.